The predicted octanol–water partition coefficient (Wildman–Crippen LogP) is 3.16. The second-order valence-corrected chi connectivity index (χ2v) is 5.02. The van der Waals surface area contributed by atoms with Gasteiger partial charge in [0.2, 0.25) is 0 Å². The number of ether oxygens (including phenoxy) is 1. The molecule has 0 bridgehead atoms. The molecule has 0 unspecified atom stereocenters. The number of esters is 1. The van der Waals surface area contributed by atoms with Gasteiger partial charge in [-0.2, -0.15) is 0 Å². The van der Waals surface area contributed by atoms with Gasteiger partial charge in [0.1, 0.15) is 0 Å². The molecule has 1 rings (SSSR count). The highest BCUT2D eigenvalue weighted by Crippen LogP contribution is 2.29. The quantitative estimate of drug-likeness (QED) is 0.641. The lowest BCUT2D eigenvalue weighted by atomic mass is 10.2. The molecule has 0 saturated heterocycles. The van der Waals surface area contributed by atoms with Gasteiger partial charge >= 0.3 is 12.0 Å². The van der Waals surface area contributed by atoms with Crippen molar-refractivity contribution in [1.29, 1.82) is 0 Å². The molecule has 0 fully saturated rings. The standard InChI is InChI=1S/C13H17Cl2N3O3/c1-4-5-16-13(20)18(2)17-11-6-8(12(19)21-3)9(14)7-10(11)15/h6-7,17H,4-5H2,1-3H3,(H,16,20). The molecule has 0 saturated carbocycles. The summed E-state index contributed by atoms with van der Waals surface area (Å²) in [5, 5.41) is 4.38. The molecular formula is C13H17Cl2N3O3. The fourth-order valence-corrected chi connectivity index (χ4v) is 1.99. The van der Waals surface area contributed by atoms with Crippen LogP contribution in [0.3, 0.4) is 0 Å². The van der Waals surface area contributed by atoms with E-state index in [0.29, 0.717) is 12.2 Å². The largest absolute Gasteiger partial charge is 0.465 e. The topological polar surface area (TPSA) is 70.7 Å². The third-order valence-corrected chi connectivity index (χ3v) is 3.21. The number of hydrogen-bond acceptors (Lipinski definition) is 4. The van der Waals surface area contributed by atoms with E-state index >= 15 is 0 Å². The molecule has 1 aromatic rings. The lowest BCUT2D eigenvalue weighted by molar-refractivity contribution is 0.0601. The third-order valence-electron chi connectivity index (χ3n) is 2.58. The van der Waals surface area contributed by atoms with Gasteiger partial charge in [-0.1, -0.05) is 30.1 Å². The molecule has 0 aromatic heterocycles. The van der Waals surface area contributed by atoms with Gasteiger partial charge in [0.05, 0.1) is 28.4 Å². The number of rotatable bonds is 5. The molecule has 2 N–H and O–H groups in total. The molecule has 0 atom stereocenters. The van der Waals surface area contributed by atoms with E-state index in [1.807, 2.05) is 6.92 Å². The Kier molecular flexibility index (Phi) is 6.58. The first-order valence-corrected chi connectivity index (χ1v) is 7.01. The summed E-state index contributed by atoms with van der Waals surface area (Å²) in [4.78, 5) is 23.3. The predicted molar refractivity (Wildman–Crippen MR) is 82.9 cm³/mol. The number of halogens is 2. The van der Waals surface area contributed by atoms with Gasteiger partial charge in [-0.05, 0) is 18.6 Å². The van der Waals surface area contributed by atoms with E-state index in [4.69, 9.17) is 23.2 Å². The summed E-state index contributed by atoms with van der Waals surface area (Å²) in [6.45, 7) is 2.51. The van der Waals surface area contributed by atoms with E-state index in [2.05, 4.69) is 15.5 Å². The molecule has 0 radical (unpaired) electrons. The van der Waals surface area contributed by atoms with Crippen LogP contribution in [0.1, 0.15) is 23.7 Å². The van der Waals surface area contributed by atoms with E-state index in [9.17, 15) is 9.59 Å². The number of urea groups is 1. The van der Waals surface area contributed by atoms with Crippen LogP contribution >= 0.6 is 23.2 Å². The van der Waals surface area contributed by atoms with E-state index < -0.39 is 5.97 Å². The molecule has 116 valence electrons. The van der Waals surface area contributed by atoms with Crippen molar-refractivity contribution in [3.8, 4) is 0 Å². The van der Waals surface area contributed by atoms with Crippen molar-refractivity contribution in [2.24, 2.45) is 0 Å². The zero-order chi connectivity index (χ0) is 16.0. The third kappa shape index (κ3) is 4.68. The number of methoxy groups -OCH3 is 1. The minimum absolute atomic E-state index is 0.161. The van der Waals surface area contributed by atoms with Gasteiger partial charge in [-0.25, -0.2) is 14.6 Å². The smallest absolute Gasteiger partial charge is 0.339 e. The molecule has 8 heteroatoms. The minimum Gasteiger partial charge on any atom is -0.465 e. The lowest BCUT2D eigenvalue weighted by Gasteiger charge is -2.21. The Labute approximate surface area is 133 Å². The van der Waals surface area contributed by atoms with Crippen LogP contribution in [0.2, 0.25) is 10.0 Å². The zero-order valence-electron chi connectivity index (χ0n) is 12.0. The summed E-state index contributed by atoms with van der Waals surface area (Å²) < 4.78 is 4.63. The Hall–Kier alpha value is -1.66. The van der Waals surface area contributed by atoms with Crippen LogP contribution in [0.15, 0.2) is 12.1 Å². The monoisotopic (exact) mass is 333 g/mol. The first kappa shape index (κ1) is 17.4. The lowest BCUT2D eigenvalue weighted by Crippen LogP contribution is -2.41. The number of hydrazine groups is 1. The second-order valence-electron chi connectivity index (χ2n) is 4.21. The number of nitrogens with one attached hydrogen (secondary N) is 2. The van der Waals surface area contributed by atoms with Gasteiger partial charge in [0.25, 0.3) is 0 Å². The van der Waals surface area contributed by atoms with E-state index in [-0.39, 0.29) is 21.6 Å². The zero-order valence-corrected chi connectivity index (χ0v) is 13.5. The van der Waals surface area contributed by atoms with Crippen molar-refractivity contribution >= 4 is 40.9 Å². The van der Waals surface area contributed by atoms with Crippen molar-refractivity contribution < 1.29 is 14.3 Å². The Morgan fingerprint density at radius 3 is 2.52 bits per heavy atom. The molecule has 0 spiro atoms. The van der Waals surface area contributed by atoms with Gasteiger partial charge in [0, 0.05) is 13.6 Å². The summed E-state index contributed by atoms with van der Waals surface area (Å²) in [7, 11) is 2.79. The Morgan fingerprint density at radius 2 is 1.95 bits per heavy atom. The summed E-state index contributed by atoms with van der Waals surface area (Å²) in [5.41, 5.74) is 3.32. The van der Waals surface area contributed by atoms with Crippen molar-refractivity contribution in [2.75, 3.05) is 26.1 Å². The number of hydrogen-bond donors (Lipinski definition) is 2. The van der Waals surface area contributed by atoms with E-state index in [1.54, 1.807) is 0 Å². The molecule has 0 aliphatic rings. The molecule has 0 aliphatic carbocycles. The van der Waals surface area contributed by atoms with Crippen LogP contribution in [0.25, 0.3) is 0 Å². The average Bonchev–Trinajstić information content (AvgIpc) is 2.46. The van der Waals surface area contributed by atoms with Crippen molar-refractivity contribution in [1.82, 2.24) is 10.3 Å². The SMILES string of the molecule is CCCNC(=O)N(C)Nc1cc(C(=O)OC)c(Cl)cc1Cl. The van der Waals surface area contributed by atoms with E-state index in [1.165, 1.54) is 31.3 Å². The van der Waals surface area contributed by atoms with Gasteiger partial charge in [0.15, 0.2) is 0 Å². The Balaban J connectivity index is 2.92. The van der Waals surface area contributed by atoms with Crippen LogP contribution in [0, 0.1) is 0 Å². The van der Waals surface area contributed by atoms with Gasteiger partial charge in [-0.15, -0.1) is 0 Å². The molecule has 6 nitrogen and oxygen atoms in total. The first-order chi connectivity index (χ1) is 9.90. The molecule has 0 aliphatic heterocycles. The van der Waals surface area contributed by atoms with Crippen LogP contribution < -0.4 is 10.7 Å². The highest BCUT2D eigenvalue weighted by atomic mass is 35.5. The summed E-state index contributed by atoms with van der Waals surface area (Å²) in [5.74, 6) is -0.585. The number of carbonyl (C=O) groups excluding carboxylic acids is 2. The maximum atomic E-state index is 11.8. The first-order valence-electron chi connectivity index (χ1n) is 6.26. The molecular weight excluding hydrogens is 317 g/mol. The Morgan fingerprint density at radius 1 is 1.29 bits per heavy atom. The molecule has 2 amide bonds. The van der Waals surface area contributed by atoms with Crippen molar-refractivity contribution in [3.63, 3.8) is 0 Å². The van der Waals surface area contributed by atoms with Crippen molar-refractivity contribution in [3.05, 3.63) is 27.7 Å². The summed E-state index contributed by atoms with van der Waals surface area (Å²) in [6.07, 6.45) is 0.827. The highest BCUT2D eigenvalue weighted by Gasteiger charge is 2.16. The highest BCUT2D eigenvalue weighted by molar-refractivity contribution is 6.38. The fourth-order valence-electron chi connectivity index (χ4n) is 1.48. The van der Waals surface area contributed by atoms with Crippen LogP contribution in [-0.4, -0.2) is 37.7 Å². The summed E-state index contributed by atoms with van der Waals surface area (Å²) in [6, 6.07) is 2.53. The maximum absolute atomic E-state index is 11.8. The van der Waals surface area contributed by atoms with E-state index in [0.717, 1.165) is 6.42 Å². The maximum Gasteiger partial charge on any atom is 0.339 e. The Bertz CT molecular complexity index is 538. The van der Waals surface area contributed by atoms with Gasteiger partial charge in [-0.3, -0.25) is 5.43 Å². The molecule has 1 aromatic carbocycles. The number of carbonyl (C=O) groups is 2. The normalized spacial score (nSPS) is 9.95. The number of amides is 2. The van der Waals surface area contributed by atoms with Gasteiger partial charge < -0.3 is 10.1 Å². The number of nitrogens with zero attached hydrogens (tertiary/aromatic N) is 1. The van der Waals surface area contributed by atoms with Crippen LogP contribution in [0.4, 0.5) is 10.5 Å². The summed E-state index contributed by atoms with van der Waals surface area (Å²) >= 11 is 12.0. The fraction of sp³-hybridized carbons (Fsp3) is 0.385. The molecule has 21 heavy (non-hydrogen) atoms. The van der Waals surface area contributed by atoms with Crippen molar-refractivity contribution in [2.45, 2.75) is 13.3 Å². The number of benzene rings is 1. The average molecular weight is 334 g/mol. The molecule has 0 heterocycles. The second kappa shape index (κ2) is 7.95. The number of anilines is 1. The minimum atomic E-state index is -0.585. The van der Waals surface area contributed by atoms with Crippen LogP contribution in [-0.2, 0) is 4.74 Å². The van der Waals surface area contributed by atoms with Crippen LogP contribution in [0.5, 0.6) is 0 Å².